The molecule has 1 aromatic carbocycles. The van der Waals surface area contributed by atoms with Gasteiger partial charge in [0.2, 0.25) is 0 Å². The van der Waals surface area contributed by atoms with Crippen LogP contribution in [0.3, 0.4) is 0 Å². The molecule has 2 rings (SSSR count). The van der Waals surface area contributed by atoms with E-state index in [4.69, 9.17) is 10.5 Å². The number of ether oxygens (including phenoxy) is 1. The molecule has 1 atom stereocenters. The van der Waals surface area contributed by atoms with Crippen LogP contribution < -0.4 is 21.1 Å². The first-order chi connectivity index (χ1) is 9.24. The van der Waals surface area contributed by atoms with E-state index in [9.17, 15) is 4.79 Å². The number of rotatable bonds is 3. The lowest BCUT2D eigenvalue weighted by Gasteiger charge is -2.35. The number of nitrogens with zero attached hydrogens (tertiary/aromatic N) is 1. The van der Waals surface area contributed by atoms with Gasteiger partial charge in [-0.2, -0.15) is 0 Å². The van der Waals surface area contributed by atoms with Crippen molar-refractivity contribution in [2.75, 3.05) is 38.6 Å². The van der Waals surface area contributed by atoms with Gasteiger partial charge in [0.1, 0.15) is 5.75 Å². The highest BCUT2D eigenvalue weighted by Crippen LogP contribution is 2.16. The van der Waals surface area contributed by atoms with Gasteiger partial charge >= 0.3 is 6.03 Å². The smallest absolute Gasteiger partial charge is 0.322 e. The number of carbonyl (C=O) groups is 1. The molecule has 1 unspecified atom stereocenters. The topological polar surface area (TPSA) is 79.6 Å². The second kappa shape index (κ2) is 6.40. The van der Waals surface area contributed by atoms with Gasteiger partial charge in [-0.15, -0.1) is 0 Å². The van der Waals surface area contributed by atoms with Crippen LogP contribution in [0.15, 0.2) is 24.3 Å². The quantitative estimate of drug-likeness (QED) is 0.741. The number of hydrogen-bond acceptors (Lipinski definition) is 4. The van der Waals surface area contributed by atoms with E-state index in [0.717, 1.165) is 24.5 Å². The Morgan fingerprint density at radius 2 is 2.26 bits per heavy atom. The number of methoxy groups -OCH3 is 1. The van der Waals surface area contributed by atoms with E-state index in [0.29, 0.717) is 13.1 Å². The molecule has 4 N–H and O–H groups in total. The van der Waals surface area contributed by atoms with E-state index < -0.39 is 0 Å². The lowest BCUT2D eigenvalue weighted by atomic mass is 10.2. The molecule has 1 saturated heterocycles. The minimum atomic E-state index is -0.109. The molecule has 1 aliphatic heterocycles. The minimum Gasteiger partial charge on any atom is -0.497 e. The molecule has 0 spiro atoms. The number of amides is 2. The van der Waals surface area contributed by atoms with E-state index >= 15 is 0 Å². The van der Waals surface area contributed by atoms with E-state index in [1.165, 1.54) is 0 Å². The Hall–Kier alpha value is -1.79. The van der Waals surface area contributed by atoms with Gasteiger partial charge in [0.25, 0.3) is 0 Å². The average molecular weight is 264 g/mol. The highest BCUT2D eigenvalue weighted by molar-refractivity contribution is 5.89. The zero-order chi connectivity index (χ0) is 13.7. The summed E-state index contributed by atoms with van der Waals surface area (Å²) in [7, 11) is 1.61. The summed E-state index contributed by atoms with van der Waals surface area (Å²) in [6.45, 7) is 2.67. The molecule has 0 bridgehead atoms. The fourth-order valence-corrected chi connectivity index (χ4v) is 2.11. The van der Waals surface area contributed by atoms with Crippen LogP contribution in [0.4, 0.5) is 10.5 Å². The largest absolute Gasteiger partial charge is 0.497 e. The number of piperazine rings is 1. The van der Waals surface area contributed by atoms with E-state index in [1.807, 2.05) is 24.3 Å². The van der Waals surface area contributed by atoms with Crippen molar-refractivity contribution in [3.8, 4) is 5.75 Å². The summed E-state index contributed by atoms with van der Waals surface area (Å²) in [5.41, 5.74) is 6.43. The van der Waals surface area contributed by atoms with Crippen molar-refractivity contribution < 1.29 is 9.53 Å². The van der Waals surface area contributed by atoms with Gasteiger partial charge in [-0.1, -0.05) is 0 Å². The van der Waals surface area contributed by atoms with Gasteiger partial charge in [0.05, 0.1) is 13.2 Å². The van der Waals surface area contributed by atoms with Crippen molar-refractivity contribution in [3.63, 3.8) is 0 Å². The number of hydrogen-bond donors (Lipinski definition) is 3. The summed E-state index contributed by atoms with van der Waals surface area (Å²) in [4.78, 5) is 14.0. The Labute approximate surface area is 112 Å². The third kappa shape index (κ3) is 3.36. The molecule has 0 aliphatic carbocycles. The Morgan fingerprint density at radius 3 is 2.89 bits per heavy atom. The summed E-state index contributed by atoms with van der Waals surface area (Å²) in [6, 6.07) is 7.20. The molecule has 0 saturated carbocycles. The first-order valence-corrected chi connectivity index (χ1v) is 6.37. The van der Waals surface area contributed by atoms with Gasteiger partial charge in [0.15, 0.2) is 0 Å². The maximum atomic E-state index is 12.2. The molecule has 1 aromatic rings. The number of nitrogens with two attached hydrogens (primary N) is 1. The zero-order valence-electron chi connectivity index (χ0n) is 11.1. The molecule has 2 amide bonds. The average Bonchev–Trinajstić information content (AvgIpc) is 2.48. The van der Waals surface area contributed by atoms with E-state index in [-0.39, 0.29) is 12.1 Å². The molecule has 19 heavy (non-hydrogen) atoms. The van der Waals surface area contributed by atoms with Crippen LogP contribution in [0, 0.1) is 0 Å². The van der Waals surface area contributed by atoms with Crippen molar-refractivity contribution in [3.05, 3.63) is 24.3 Å². The highest BCUT2D eigenvalue weighted by Gasteiger charge is 2.25. The number of carbonyl (C=O) groups excluding carboxylic acids is 1. The fourth-order valence-electron chi connectivity index (χ4n) is 2.11. The lowest BCUT2D eigenvalue weighted by molar-refractivity contribution is 0.173. The zero-order valence-corrected chi connectivity index (χ0v) is 11.1. The molecule has 1 heterocycles. The van der Waals surface area contributed by atoms with Crippen LogP contribution in [-0.2, 0) is 0 Å². The second-order valence-corrected chi connectivity index (χ2v) is 4.45. The summed E-state index contributed by atoms with van der Waals surface area (Å²) in [5.74, 6) is 0.764. The molecular weight excluding hydrogens is 244 g/mol. The Balaban J connectivity index is 1.98. The predicted molar refractivity (Wildman–Crippen MR) is 74.4 cm³/mol. The number of benzene rings is 1. The fraction of sp³-hybridized carbons (Fsp3) is 0.462. The SMILES string of the molecule is COc1ccc(NC(=O)N2CCNCC2CN)cc1. The first-order valence-electron chi connectivity index (χ1n) is 6.37. The molecule has 6 heteroatoms. The minimum absolute atomic E-state index is 0.0481. The first kappa shape index (κ1) is 13.6. The van der Waals surface area contributed by atoms with Crippen LogP contribution >= 0.6 is 0 Å². The molecular formula is C13H20N4O2. The predicted octanol–water partition coefficient (Wildman–Crippen LogP) is 0.460. The standard InChI is InChI=1S/C13H20N4O2/c1-19-12-4-2-10(3-5-12)16-13(18)17-7-6-15-9-11(17)8-14/h2-5,11,15H,6-9,14H2,1H3,(H,16,18). The maximum Gasteiger partial charge on any atom is 0.322 e. The van der Waals surface area contributed by atoms with Crippen molar-refractivity contribution in [1.29, 1.82) is 0 Å². The van der Waals surface area contributed by atoms with Crippen LogP contribution in [0.2, 0.25) is 0 Å². The normalized spacial score (nSPS) is 19.1. The third-order valence-corrected chi connectivity index (χ3v) is 3.22. The van der Waals surface area contributed by atoms with Gasteiger partial charge in [-0.05, 0) is 24.3 Å². The van der Waals surface area contributed by atoms with Crippen LogP contribution in [0.5, 0.6) is 5.75 Å². The van der Waals surface area contributed by atoms with Crippen molar-refractivity contribution >= 4 is 11.7 Å². The highest BCUT2D eigenvalue weighted by atomic mass is 16.5. The van der Waals surface area contributed by atoms with E-state index in [1.54, 1.807) is 12.0 Å². The van der Waals surface area contributed by atoms with Crippen molar-refractivity contribution in [1.82, 2.24) is 10.2 Å². The molecule has 1 fully saturated rings. The van der Waals surface area contributed by atoms with Crippen LogP contribution in [0.25, 0.3) is 0 Å². The number of nitrogens with one attached hydrogen (secondary N) is 2. The third-order valence-electron chi connectivity index (χ3n) is 3.22. The van der Waals surface area contributed by atoms with Gasteiger partial charge in [-0.3, -0.25) is 0 Å². The van der Waals surface area contributed by atoms with Crippen molar-refractivity contribution in [2.24, 2.45) is 5.73 Å². The van der Waals surface area contributed by atoms with E-state index in [2.05, 4.69) is 10.6 Å². The van der Waals surface area contributed by atoms with Crippen molar-refractivity contribution in [2.45, 2.75) is 6.04 Å². The lowest BCUT2D eigenvalue weighted by Crippen LogP contribution is -2.57. The monoisotopic (exact) mass is 264 g/mol. The Bertz CT molecular complexity index is 421. The maximum absolute atomic E-state index is 12.2. The Kier molecular flexibility index (Phi) is 4.59. The van der Waals surface area contributed by atoms with Gasteiger partial charge < -0.3 is 26.0 Å². The second-order valence-electron chi connectivity index (χ2n) is 4.45. The molecule has 0 aromatic heterocycles. The van der Waals surface area contributed by atoms with Gasteiger partial charge in [-0.25, -0.2) is 4.79 Å². The summed E-state index contributed by atoms with van der Waals surface area (Å²) in [5, 5.41) is 6.11. The Morgan fingerprint density at radius 1 is 1.53 bits per heavy atom. The molecule has 6 nitrogen and oxygen atoms in total. The van der Waals surface area contributed by atoms with Crippen LogP contribution in [-0.4, -0.2) is 50.3 Å². The number of anilines is 1. The number of urea groups is 1. The summed E-state index contributed by atoms with van der Waals surface area (Å²) in [6.07, 6.45) is 0. The molecule has 104 valence electrons. The summed E-state index contributed by atoms with van der Waals surface area (Å²) >= 11 is 0. The van der Waals surface area contributed by atoms with Gasteiger partial charge in [0, 0.05) is 31.9 Å². The summed E-state index contributed by atoms with van der Waals surface area (Å²) < 4.78 is 5.08. The van der Waals surface area contributed by atoms with Crippen LogP contribution in [0.1, 0.15) is 0 Å². The molecule has 0 radical (unpaired) electrons. The molecule has 1 aliphatic rings.